The summed E-state index contributed by atoms with van der Waals surface area (Å²) in [4.78, 5) is 0. The van der Waals surface area contributed by atoms with Crippen molar-refractivity contribution in [2.75, 3.05) is 0 Å². The molecule has 0 aliphatic heterocycles. The third kappa shape index (κ3) is 6.95. The zero-order valence-electron chi connectivity index (χ0n) is 33.9. The van der Waals surface area contributed by atoms with E-state index in [-0.39, 0.29) is 0 Å². The lowest BCUT2D eigenvalue weighted by Gasteiger charge is -2.13. The summed E-state index contributed by atoms with van der Waals surface area (Å²) >= 11 is 3.94. The van der Waals surface area contributed by atoms with Gasteiger partial charge in [-0.3, -0.25) is 0 Å². The van der Waals surface area contributed by atoms with Gasteiger partial charge in [-0.15, -0.1) is 22.7 Å². The molecule has 9 rings (SSSR count). The average Bonchev–Trinajstić information content (AvgIpc) is 3.80. The van der Waals surface area contributed by atoms with Gasteiger partial charge in [0.1, 0.15) is 0 Å². The predicted octanol–water partition coefficient (Wildman–Crippen LogP) is 16.1. The number of fused-ring (bicyclic) bond motifs is 9. The van der Waals surface area contributed by atoms with Crippen LogP contribution in [0.5, 0.6) is 0 Å². The molecule has 1 aliphatic rings. The maximum Gasteiger partial charge on any atom is 0.0434 e. The number of hydrogen-bond acceptors (Lipinski definition) is 2. The molecule has 2 heteroatoms. The third-order valence-electron chi connectivity index (χ3n) is 11.5. The minimum Gasteiger partial charge on any atom is -0.135 e. The number of rotatable bonds is 10. The molecule has 8 aromatic rings. The van der Waals surface area contributed by atoms with Crippen molar-refractivity contribution in [3.63, 3.8) is 0 Å². The Hall–Kier alpha value is -4.24. The molecule has 0 spiro atoms. The maximum atomic E-state index is 2.52. The minimum atomic E-state index is 0.602. The summed E-state index contributed by atoms with van der Waals surface area (Å²) in [7, 11) is 0. The normalized spacial score (nSPS) is 12.9. The third-order valence-corrected chi connectivity index (χ3v) is 13.9. The number of hydrogen-bond donors (Lipinski definition) is 0. The smallest absolute Gasteiger partial charge is 0.0434 e. The molecule has 2 heterocycles. The van der Waals surface area contributed by atoms with Crippen molar-refractivity contribution in [3.8, 4) is 33.4 Å². The summed E-state index contributed by atoms with van der Waals surface area (Å²) in [5.74, 6) is 2.50. The highest BCUT2D eigenvalue weighted by atomic mass is 32.1. The van der Waals surface area contributed by atoms with Crippen molar-refractivity contribution in [2.45, 2.75) is 87.5 Å². The highest BCUT2D eigenvalue weighted by molar-refractivity contribution is 7.26. The van der Waals surface area contributed by atoms with Gasteiger partial charge >= 0.3 is 0 Å². The molecule has 0 nitrogen and oxygen atoms in total. The molecule has 1 aliphatic carbocycles. The summed E-state index contributed by atoms with van der Waals surface area (Å²) in [6.07, 6.45) is 5.41. The van der Waals surface area contributed by atoms with E-state index in [1.807, 2.05) is 22.7 Å². The van der Waals surface area contributed by atoms with Gasteiger partial charge in [0.05, 0.1) is 0 Å². The topological polar surface area (TPSA) is 0 Å². The summed E-state index contributed by atoms with van der Waals surface area (Å²) in [5.41, 5.74) is 16.9. The largest absolute Gasteiger partial charge is 0.135 e. The van der Waals surface area contributed by atoms with E-state index in [0.29, 0.717) is 23.7 Å². The lowest BCUT2D eigenvalue weighted by molar-refractivity contribution is 0.647. The van der Waals surface area contributed by atoms with Gasteiger partial charge in [0.2, 0.25) is 0 Å². The summed E-state index contributed by atoms with van der Waals surface area (Å²) in [5, 5.41) is 5.69. The van der Waals surface area contributed by atoms with Crippen LogP contribution in [0.3, 0.4) is 0 Å². The van der Waals surface area contributed by atoms with Gasteiger partial charge in [0.25, 0.3) is 0 Å². The van der Waals surface area contributed by atoms with Gasteiger partial charge in [-0.25, -0.2) is 0 Å². The summed E-state index contributed by atoms with van der Waals surface area (Å²) < 4.78 is 5.62. The molecule has 0 unspecified atom stereocenters. The molecular weight excluding hydrogens is 701 g/mol. The van der Waals surface area contributed by atoms with Crippen molar-refractivity contribution in [1.29, 1.82) is 0 Å². The molecular formula is C53H54S2. The highest BCUT2D eigenvalue weighted by Crippen LogP contribution is 2.47. The van der Waals surface area contributed by atoms with E-state index in [4.69, 9.17) is 0 Å². The Morgan fingerprint density at radius 3 is 1.16 bits per heavy atom. The first-order valence-electron chi connectivity index (χ1n) is 20.7. The Morgan fingerprint density at radius 2 is 0.764 bits per heavy atom. The van der Waals surface area contributed by atoms with Crippen molar-refractivity contribution >= 4 is 63.0 Å². The molecule has 278 valence electrons. The Kier molecular flexibility index (Phi) is 9.51. The van der Waals surface area contributed by atoms with Crippen LogP contribution in [-0.4, -0.2) is 0 Å². The van der Waals surface area contributed by atoms with Gasteiger partial charge in [0, 0.05) is 40.3 Å². The van der Waals surface area contributed by atoms with Crippen LogP contribution in [0, 0.1) is 23.7 Å². The van der Waals surface area contributed by atoms with Crippen LogP contribution in [0.4, 0.5) is 0 Å². The SMILES string of the molecule is CC(C)Cc1ccc2sc3c(-c4ccc5c(c4)-c4cc(-c6cc(CC(C)C)cc7c6sc6ccc(CC(C)C)cc67)ccc4C5)cc(CC(C)C)cc3c2c1. The molecule has 0 N–H and O–H groups in total. The van der Waals surface area contributed by atoms with Crippen molar-refractivity contribution < 1.29 is 0 Å². The molecule has 6 aromatic carbocycles. The van der Waals surface area contributed by atoms with Gasteiger partial charge in [-0.2, -0.15) is 0 Å². The molecule has 0 radical (unpaired) electrons. The Bertz CT molecular complexity index is 2560. The standard InChI is InChI=1S/C53H54S2/c1-30(2)17-34-9-15-50-46(21-34)48-25-36(19-32(5)6)23-44(52(48)54-50)40-13-11-38-27-39-12-14-41(29-43(39)42(38)28-40)45-24-37(20-33(7)8)26-49-47-22-35(18-31(3)4)10-16-51(47)55-53(45)49/h9-16,21-26,28-33H,17-20,27H2,1-8H3. The van der Waals surface area contributed by atoms with Crippen LogP contribution >= 0.6 is 22.7 Å². The van der Waals surface area contributed by atoms with Gasteiger partial charge < -0.3 is 0 Å². The van der Waals surface area contributed by atoms with Crippen LogP contribution in [0.15, 0.2) is 97.1 Å². The maximum absolute atomic E-state index is 2.52. The van der Waals surface area contributed by atoms with Crippen molar-refractivity contribution in [2.24, 2.45) is 23.7 Å². The van der Waals surface area contributed by atoms with Gasteiger partial charge in [-0.1, -0.05) is 91.8 Å². The second kappa shape index (κ2) is 14.4. The Labute approximate surface area is 336 Å². The van der Waals surface area contributed by atoms with Crippen LogP contribution < -0.4 is 0 Å². The zero-order valence-corrected chi connectivity index (χ0v) is 35.5. The van der Waals surface area contributed by atoms with Crippen LogP contribution in [0.25, 0.3) is 73.7 Å². The number of thiophene rings is 2. The second-order valence-corrected chi connectivity index (χ2v) is 20.3. The molecule has 0 amide bonds. The first kappa shape index (κ1) is 36.4. The van der Waals surface area contributed by atoms with E-state index in [9.17, 15) is 0 Å². The molecule has 0 saturated heterocycles. The lowest BCUT2D eigenvalue weighted by Crippen LogP contribution is -1.95. The molecule has 2 aromatic heterocycles. The average molecular weight is 755 g/mol. The second-order valence-electron chi connectivity index (χ2n) is 18.2. The van der Waals surface area contributed by atoms with Gasteiger partial charge in [0.15, 0.2) is 0 Å². The number of benzene rings is 6. The molecule has 0 bridgehead atoms. The van der Waals surface area contributed by atoms with Crippen molar-refractivity contribution in [1.82, 2.24) is 0 Å². The summed E-state index contributed by atoms with van der Waals surface area (Å²) in [6.45, 7) is 18.7. The van der Waals surface area contributed by atoms with E-state index in [0.717, 1.165) is 32.1 Å². The first-order valence-corrected chi connectivity index (χ1v) is 22.3. The minimum absolute atomic E-state index is 0.602. The molecule has 55 heavy (non-hydrogen) atoms. The van der Waals surface area contributed by atoms with Gasteiger partial charge in [-0.05, 0) is 183 Å². The van der Waals surface area contributed by atoms with Crippen LogP contribution in [-0.2, 0) is 32.1 Å². The van der Waals surface area contributed by atoms with E-state index < -0.39 is 0 Å². The fourth-order valence-corrected chi connectivity index (χ4v) is 11.7. The van der Waals surface area contributed by atoms with Crippen LogP contribution in [0.1, 0.15) is 88.8 Å². The predicted molar refractivity (Wildman–Crippen MR) is 246 cm³/mol. The van der Waals surface area contributed by atoms with Crippen LogP contribution in [0.2, 0.25) is 0 Å². The molecule has 0 saturated carbocycles. The first-order chi connectivity index (χ1) is 26.5. The molecule has 0 atom stereocenters. The van der Waals surface area contributed by atoms with E-state index in [1.54, 1.807) is 0 Å². The van der Waals surface area contributed by atoms with E-state index in [1.165, 1.54) is 107 Å². The highest BCUT2D eigenvalue weighted by Gasteiger charge is 2.23. The fourth-order valence-electron chi connectivity index (χ4n) is 9.28. The fraction of sp³-hybridized carbons (Fsp3) is 0.321. The van der Waals surface area contributed by atoms with E-state index in [2.05, 4.69) is 152 Å². The quantitative estimate of drug-likeness (QED) is 0.130. The van der Waals surface area contributed by atoms with E-state index >= 15 is 0 Å². The zero-order chi connectivity index (χ0) is 38.1. The summed E-state index contributed by atoms with van der Waals surface area (Å²) in [6, 6.07) is 39.1. The van der Waals surface area contributed by atoms with Crippen molar-refractivity contribution in [3.05, 3.63) is 130 Å². The Balaban J connectivity index is 1.18. The lowest BCUT2D eigenvalue weighted by atomic mass is 9.91. The Morgan fingerprint density at radius 1 is 0.382 bits per heavy atom. The molecule has 0 fully saturated rings. The monoisotopic (exact) mass is 754 g/mol.